The molecule has 2 rings (SSSR count). The molecule has 1 fully saturated rings. The smallest absolute Gasteiger partial charge is 0.249 e. The largest absolute Gasteiger partial charge is 0.389 e. The van der Waals surface area contributed by atoms with Crippen LogP contribution in [-0.2, 0) is 9.59 Å². The lowest BCUT2D eigenvalue weighted by atomic mass is 10.0. The molecule has 106 valence electrons. The van der Waals surface area contributed by atoms with Crippen molar-refractivity contribution in [3.8, 4) is 0 Å². The van der Waals surface area contributed by atoms with Crippen LogP contribution in [0, 0.1) is 6.92 Å². The Bertz CT molecular complexity index is 586. The van der Waals surface area contributed by atoms with E-state index in [1.54, 1.807) is 4.90 Å². The fourth-order valence-electron chi connectivity index (χ4n) is 2.42. The van der Waals surface area contributed by atoms with Crippen LogP contribution in [0.2, 0.25) is 0 Å². The summed E-state index contributed by atoms with van der Waals surface area (Å²) in [5, 5.41) is 2.36. The van der Waals surface area contributed by atoms with E-state index in [1.807, 2.05) is 32.0 Å². The van der Waals surface area contributed by atoms with Crippen molar-refractivity contribution >= 4 is 34.7 Å². The number of thiocarbonyl (C=S) groups is 1. The zero-order chi connectivity index (χ0) is 14.9. The Morgan fingerprint density at radius 1 is 1.50 bits per heavy atom. The number of carbonyl (C=O) groups excluding carboxylic acids is 2. The van der Waals surface area contributed by atoms with Crippen LogP contribution in [0.1, 0.15) is 24.5 Å². The fourth-order valence-corrected chi connectivity index (χ4v) is 2.59. The Hall–Kier alpha value is -1.95. The molecular weight excluding hydrogens is 274 g/mol. The Kier molecular flexibility index (Phi) is 4.04. The first-order valence-electron chi connectivity index (χ1n) is 6.44. The van der Waals surface area contributed by atoms with Crippen molar-refractivity contribution in [3.63, 3.8) is 0 Å². The number of anilines is 1. The van der Waals surface area contributed by atoms with Gasteiger partial charge in [0.2, 0.25) is 11.8 Å². The molecule has 5 nitrogen and oxygen atoms in total. The van der Waals surface area contributed by atoms with Gasteiger partial charge in [-0.25, -0.2) is 0 Å². The maximum atomic E-state index is 11.9. The minimum Gasteiger partial charge on any atom is -0.389 e. The number of hydrogen-bond donors (Lipinski definition) is 2. The van der Waals surface area contributed by atoms with Gasteiger partial charge >= 0.3 is 0 Å². The van der Waals surface area contributed by atoms with Gasteiger partial charge in [-0.1, -0.05) is 30.8 Å². The topological polar surface area (TPSA) is 75.4 Å². The summed E-state index contributed by atoms with van der Waals surface area (Å²) in [4.78, 5) is 25.6. The molecule has 0 saturated carbocycles. The highest BCUT2D eigenvalue weighted by molar-refractivity contribution is 7.80. The number of amides is 2. The third-order valence-corrected chi connectivity index (χ3v) is 3.59. The Balaban J connectivity index is 2.50. The highest BCUT2D eigenvalue weighted by Crippen LogP contribution is 2.26. The Morgan fingerprint density at radius 3 is 2.80 bits per heavy atom. The van der Waals surface area contributed by atoms with E-state index in [4.69, 9.17) is 18.0 Å². The molecule has 20 heavy (non-hydrogen) atoms. The molecule has 1 heterocycles. The molecular formula is C14H17N3O2S. The number of nitrogens with two attached hydrogens (primary N) is 1. The quantitative estimate of drug-likeness (QED) is 0.638. The van der Waals surface area contributed by atoms with E-state index in [0.717, 1.165) is 11.3 Å². The summed E-state index contributed by atoms with van der Waals surface area (Å²) < 4.78 is 0. The molecule has 0 bridgehead atoms. The molecule has 2 amide bonds. The van der Waals surface area contributed by atoms with Gasteiger partial charge in [0.1, 0.15) is 11.0 Å². The van der Waals surface area contributed by atoms with Crippen LogP contribution in [-0.4, -0.2) is 29.4 Å². The van der Waals surface area contributed by atoms with Gasteiger partial charge in [0.15, 0.2) is 0 Å². The van der Waals surface area contributed by atoms with Crippen molar-refractivity contribution in [2.24, 2.45) is 5.73 Å². The average Bonchev–Trinajstić information content (AvgIpc) is 2.37. The first kappa shape index (κ1) is 14.5. The summed E-state index contributed by atoms with van der Waals surface area (Å²) in [5.41, 5.74) is 8.22. The zero-order valence-electron chi connectivity index (χ0n) is 11.5. The van der Waals surface area contributed by atoms with Crippen LogP contribution >= 0.6 is 12.2 Å². The fraction of sp³-hybridized carbons (Fsp3) is 0.357. The van der Waals surface area contributed by atoms with Gasteiger partial charge in [-0.2, -0.15) is 0 Å². The minimum atomic E-state index is -0.386. The van der Waals surface area contributed by atoms with Gasteiger partial charge in [-0.3, -0.25) is 14.9 Å². The SMILES string of the molecule is CCC1C(=O)NC(=O)CN1c1ccc(C)cc1C(N)=S. The second-order valence-corrected chi connectivity index (χ2v) is 5.29. The van der Waals surface area contributed by atoms with Gasteiger partial charge in [-0.15, -0.1) is 0 Å². The first-order chi connectivity index (χ1) is 9.43. The minimum absolute atomic E-state index is 0.128. The molecule has 1 saturated heterocycles. The van der Waals surface area contributed by atoms with Crippen molar-refractivity contribution < 1.29 is 9.59 Å². The van der Waals surface area contributed by atoms with E-state index in [1.165, 1.54) is 0 Å². The lowest BCUT2D eigenvalue weighted by molar-refractivity contribution is -0.132. The van der Waals surface area contributed by atoms with E-state index >= 15 is 0 Å². The van der Waals surface area contributed by atoms with Gasteiger partial charge in [0.05, 0.1) is 6.54 Å². The molecule has 1 aliphatic rings. The number of benzene rings is 1. The normalized spacial score (nSPS) is 18.9. The molecule has 0 aliphatic carbocycles. The first-order valence-corrected chi connectivity index (χ1v) is 6.85. The molecule has 6 heteroatoms. The number of nitrogens with zero attached hydrogens (tertiary/aromatic N) is 1. The molecule has 1 aromatic rings. The highest BCUT2D eigenvalue weighted by atomic mass is 32.1. The molecule has 3 N–H and O–H groups in total. The lowest BCUT2D eigenvalue weighted by Crippen LogP contribution is -2.58. The second kappa shape index (κ2) is 5.58. The number of rotatable bonds is 3. The van der Waals surface area contributed by atoms with Crippen LogP contribution in [0.4, 0.5) is 5.69 Å². The van der Waals surface area contributed by atoms with Crippen LogP contribution < -0.4 is 16.0 Å². The maximum absolute atomic E-state index is 11.9. The molecule has 0 spiro atoms. The number of nitrogens with one attached hydrogen (secondary N) is 1. The van der Waals surface area contributed by atoms with Crippen molar-refractivity contribution in [2.45, 2.75) is 26.3 Å². The van der Waals surface area contributed by atoms with Crippen molar-refractivity contribution in [2.75, 3.05) is 11.4 Å². The number of carbonyl (C=O) groups is 2. The molecule has 0 radical (unpaired) electrons. The van der Waals surface area contributed by atoms with Crippen LogP contribution in [0.25, 0.3) is 0 Å². The van der Waals surface area contributed by atoms with Crippen LogP contribution in [0.15, 0.2) is 18.2 Å². The predicted octanol–water partition coefficient (Wildman–Crippen LogP) is 0.871. The molecule has 1 atom stereocenters. The summed E-state index contributed by atoms with van der Waals surface area (Å²) in [5.74, 6) is -0.590. The van der Waals surface area contributed by atoms with Crippen molar-refractivity contribution in [1.82, 2.24) is 5.32 Å². The number of hydrogen-bond acceptors (Lipinski definition) is 4. The summed E-state index contributed by atoms with van der Waals surface area (Å²) in [6.45, 7) is 3.97. The van der Waals surface area contributed by atoms with Gasteiger partial charge in [0.25, 0.3) is 0 Å². The van der Waals surface area contributed by atoms with Crippen LogP contribution in [0.5, 0.6) is 0 Å². The maximum Gasteiger partial charge on any atom is 0.249 e. The van der Waals surface area contributed by atoms with E-state index in [2.05, 4.69) is 5.32 Å². The average molecular weight is 291 g/mol. The zero-order valence-corrected chi connectivity index (χ0v) is 12.3. The Morgan fingerprint density at radius 2 is 2.20 bits per heavy atom. The summed E-state index contributed by atoms with van der Waals surface area (Å²) in [6, 6.07) is 5.27. The highest BCUT2D eigenvalue weighted by Gasteiger charge is 2.33. The Labute approximate surface area is 123 Å². The molecule has 0 aromatic heterocycles. The van der Waals surface area contributed by atoms with Crippen molar-refractivity contribution in [3.05, 3.63) is 29.3 Å². The van der Waals surface area contributed by atoms with Gasteiger partial charge < -0.3 is 10.6 Å². The molecule has 1 unspecified atom stereocenters. The predicted molar refractivity (Wildman–Crippen MR) is 81.6 cm³/mol. The van der Waals surface area contributed by atoms with Crippen LogP contribution in [0.3, 0.4) is 0 Å². The monoisotopic (exact) mass is 291 g/mol. The van der Waals surface area contributed by atoms with Gasteiger partial charge in [-0.05, 0) is 25.5 Å². The number of piperazine rings is 1. The van der Waals surface area contributed by atoms with E-state index < -0.39 is 0 Å². The van der Waals surface area contributed by atoms with E-state index in [9.17, 15) is 9.59 Å². The number of imide groups is 1. The van der Waals surface area contributed by atoms with Gasteiger partial charge in [0, 0.05) is 11.3 Å². The van der Waals surface area contributed by atoms with E-state index in [-0.39, 0.29) is 29.4 Å². The van der Waals surface area contributed by atoms with E-state index in [0.29, 0.717) is 12.0 Å². The third kappa shape index (κ3) is 2.65. The lowest BCUT2D eigenvalue weighted by Gasteiger charge is -2.36. The van der Waals surface area contributed by atoms with Crippen molar-refractivity contribution in [1.29, 1.82) is 0 Å². The standard InChI is InChI=1S/C14H17N3O2S/c1-3-10-14(19)16-12(18)7-17(10)11-5-4-8(2)6-9(11)13(15)20/h4-6,10H,3,7H2,1-2H3,(H2,15,20)(H,16,18,19). The summed E-state index contributed by atoms with van der Waals surface area (Å²) in [7, 11) is 0. The third-order valence-electron chi connectivity index (χ3n) is 3.37. The summed E-state index contributed by atoms with van der Waals surface area (Å²) >= 11 is 5.08. The number of aryl methyl sites for hydroxylation is 1. The summed E-state index contributed by atoms with van der Waals surface area (Å²) in [6.07, 6.45) is 0.601. The second-order valence-electron chi connectivity index (χ2n) is 4.85. The molecule has 1 aromatic carbocycles. The molecule has 1 aliphatic heterocycles.